The van der Waals surface area contributed by atoms with E-state index in [1.807, 2.05) is 0 Å². The van der Waals surface area contributed by atoms with Crippen LogP contribution in [-0.2, 0) is 0 Å². The van der Waals surface area contributed by atoms with Gasteiger partial charge in [-0.15, -0.1) is 5.10 Å². The molecule has 0 aromatic heterocycles. The van der Waals surface area contributed by atoms with E-state index >= 15 is 0 Å². The molecule has 0 bridgehead atoms. The minimum atomic E-state index is -1.20. The Balaban J connectivity index is 0.00000289. The molecule has 0 heterocycles. The fraction of sp³-hybridized carbons (Fsp3) is 0.100. The van der Waals surface area contributed by atoms with Crippen LogP contribution in [0.5, 0.6) is 5.75 Å². The molecule has 0 saturated carbocycles. The van der Waals surface area contributed by atoms with Crippen LogP contribution in [0.3, 0.4) is 0 Å². The lowest BCUT2D eigenvalue weighted by atomic mass is 10.1. The smallest absolute Gasteiger partial charge is 0.339 e. The largest absolute Gasteiger partial charge is 0.506 e. The first-order valence-corrected chi connectivity index (χ1v) is 5.74. The number of thioether (sulfide) groups is 1. The number of aromatic hydroxyl groups is 1. The van der Waals surface area contributed by atoms with Crippen molar-refractivity contribution in [1.82, 2.24) is 0 Å². The summed E-state index contributed by atoms with van der Waals surface area (Å²) in [5, 5.41) is 25.9. The zero-order valence-corrected chi connectivity index (χ0v) is 10.3. The van der Waals surface area contributed by atoms with Crippen molar-refractivity contribution in [3.8, 4) is 5.75 Å². The Morgan fingerprint density at radius 2 is 2.17 bits per heavy atom. The van der Waals surface area contributed by atoms with Crippen LogP contribution in [0.2, 0.25) is 0 Å². The average molecular weight is 271 g/mol. The number of aromatic carboxylic acids is 1. The Morgan fingerprint density at radius 3 is 2.72 bits per heavy atom. The summed E-state index contributed by atoms with van der Waals surface area (Å²) in [6.07, 6.45) is 2.99. The second kappa shape index (κ2) is 7.30. The number of phenols is 1. The van der Waals surface area contributed by atoms with E-state index < -0.39 is 5.97 Å². The predicted octanol–water partition coefficient (Wildman–Crippen LogP) is 0.277. The summed E-state index contributed by atoms with van der Waals surface area (Å²) in [5.74, 6) is -1.55. The van der Waals surface area contributed by atoms with E-state index in [0.29, 0.717) is 0 Å². The van der Waals surface area contributed by atoms with Crippen LogP contribution in [0, 0.1) is 0 Å². The number of hydrogen-bond acceptors (Lipinski definition) is 5. The molecule has 6 N–H and O–H groups in total. The Hall–Kier alpha value is -2.06. The number of hydrogen-bond donors (Lipinski definition) is 3. The van der Waals surface area contributed by atoms with E-state index in [1.54, 1.807) is 6.26 Å². The van der Waals surface area contributed by atoms with Gasteiger partial charge in [0.05, 0.1) is 6.21 Å². The van der Waals surface area contributed by atoms with Gasteiger partial charge < -0.3 is 21.4 Å². The van der Waals surface area contributed by atoms with Crippen molar-refractivity contribution in [2.45, 2.75) is 0 Å². The number of amidine groups is 1. The number of carboxylic acids is 1. The van der Waals surface area contributed by atoms with Crippen molar-refractivity contribution in [1.29, 1.82) is 0 Å². The second-order valence-corrected chi connectivity index (χ2v) is 3.76. The highest BCUT2D eigenvalue weighted by Gasteiger charge is 2.11. The molecule has 0 aliphatic carbocycles. The Morgan fingerprint density at radius 1 is 1.50 bits per heavy atom. The van der Waals surface area contributed by atoms with Crippen LogP contribution >= 0.6 is 11.8 Å². The van der Waals surface area contributed by atoms with Gasteiger partial charge in [0.15, 0.2) is 5.17 Å². The number of carboxylic acid groups (broad SMARTS) is 1. The van der Waals surface area contributed by atoms with Gasteiger partial charge in [0.25, 0.3) is 0 Å². The van der Waals surface area contributed by atoms with Gasteiger partial charge in [-0.3, -0.25) is 0 Å². The molecule has 0 atom stereocenters. The summed E-state index contributed by atoms with van der Waals surface area (Å²) in [7, 11) is 0. The van der Waals surface area contributed by atoms with E-state index in [-0.39, 0.29) is 27.5 Å². The monoisotopic (exact) mass is 271 g/mol. The standard InChI is InChI=1S/C10H11N3O3S.H2O/c1-17-10(11)13-12-5-6-3-2-4-7(8(6)14)9(15)16;/h2-5,14H,1H3,(H2,11,13)(H,15,16);1H2/b12-5+;. The Bertz CT molecular complexity index is 488. The lowest BCUT2D eigenvalue weighted by molar-refractivity contribution is 0.0693. The number of para-hydroxylation sites is 1. The topological polar surface area (TPSA) is 140 Å². The average Bonchev–Trinajstić information content (AvgIpc) is 2.30. The van der Waals surface area contributed by atoms with Crippen LogP contribution in [0.15, 0.2) is 28.4 Å². The van der Waals surface area contributed by atoms with Gasteiger partial charge in [0.1, 0.15) is 11.3 Å². The molecule has 7 nitrogen and oxygen atoms in total. The van der Waals surface area contributed by atoms with Crippen LogP contribution in [0.25, 0.3) is 0 Å². The summed E-state index contributed by atoms with van der Waals surface area (Å²) in [4.78, 5) is 10.7. The molecular weight excluding hydrogens is 258 g/mol. The maximum Gasteiger partial charge on any atom is 0.339 e. The first-order chi connectivity index (χ1) is 8.06. The van der Waals surface area contributed by atoms with E-state index in [2.05, 4.69) is 10.2 Å². The highest BCUT2D eigenvalue weighted by molar-refractivity contribution is 8.13. The molecule has 0 spiro atoms. The van der Waals surface area contributed by atoms with Gasteiger partial charge in [0, 0.05) is 5.56 Å². The highest BCUT2D eigenvalue weighted by Crippen LogP contribution is 2.20. The molecule has 1 aromatic carbocycles. The van der Waals surface area contributed by atoms with Crippen LogP contribution < -0.4 is 5.73 Å². The third-order valence-corrected chi connectivity index (χ3v) is 2.36. The van der Waals surface area contributed by atoms with Gasteiger partial charge in [-0.05, 0) is 18.4 Å². The number of nitrogens with zero attached hydrogens (tertiary/aromatic N) is 2. The van der Waals surface area contributed by atoms with Crippen molar-refractivity contribution >= 4 is 29.1 Å². The van der Waals surface area contributed by atoms with Crippen molar-refractivity contribution in [3.63, 3.8) is 0 Å². The molecule has 1 aromatic rings. The number of nitrogens with two attached hydrogens (primary N) is 1. The molecule has 0 unspecified atom stereocenters. The second-order valence-electron chi connectivity index (χ2n) is 2.94. The summed E-state index contributed by atoms with van der Waals surface area (Å²) in [5.41, 5.74) is 5.48. The Labute approximate surface area is 107 Å². The molecule has 0 aliphatic heterocycles. The molecule has 0 saturated heterocycles. The molecule has 0 radical (unpaired) electrons. The van der Waals surface area contributed by atoms with Crippen LogP contribution in [0.1, 0.15) is 15.9 Å². The molecule has 18 heavy (non-hydrogen) atoms. The van der Waals surface area contributed by atoms with Gasteiger partial charge in [-0.25, -0.2) is 4.79 Å². The fourth-order valence-corrected chi connectivity index (χ4v) is 1.16. The number of rotatable bonds is 3. The van der Waals surface area contributed by atoms with Gasteiger partial charge in [0.2, 0.25) is 0 Å². The van der Waals surface area contributed by atoms with Gasteiger partial charge >= 0.3 is 5.97 Å². The fourth-order valence-electron chi connectivity index (χ4n) is 1.03. The number of benzene rings is 1. The van der Waals surface area contributed by atoms with E-state index in [4.69, 9.17) is 10.8 Å². The molecule has 8 heteroatoms. The highest BCUT2D eigenvalue weighted by atomic mass is 32.2. The third kappa shape index (κ3) is 4.07. The van der Waals surface area contributed by atoms with Crippen molar-refractivity contribution in [2.75, 3.05) is 6.26 Å². The van der Waals surface area contributed by atoms with Crippen LogP contribution in [0.4, 0.5) is 0 Å². The zero-order valence-electron chi connectivity index (χ0n) is 9.49. The first-order valence-electron chi connectivity index (χ1n) is 4.52. The maximum atomic E-state index is 10.7. The summed E-state index contributed by atoms with van der Waals surface area (Å²) in [6.45, 7) is 0. The Kier molecular flexibility index (Phi) is 6.47. The van der Waals surface area contributed by atoms with Gasteiger partial charge in [-0.2, -0.15) is 5.10 Å². The quantitative estimate of drug-likeness (QED) is 0.411. The van der Waals surface area contributed by atoms with Gasteiger partial charge in [-0.1, -0.05) is 17.8 Å². The van der Waals surface area contributed by atoms with E-state index in [0.717, 1.165) is 0 Å². The predicted molar refractivity (Wildman–Crippen MR) is 71.4 cm³/mol. The maximum absolute atomic E-state index is 10.7. The molecule has 1 rings (SSSR count). The van der Waals surface area contributed by atoms with Crippen molar-refractivity contribution in [3.05, 3.63) is 29.3 Å². The molecule has 98 valence electrons. The summed E-state index contributed by atoms with van der Waals surface area (Å²) >= 11 is 1.23. The third-order valence-electron chi connectivity index (χ3n) is 1.86. The number of carbonyl (C=O) groups is 1. The molecule has 0 fully saturated rings. The normalized spacial score (nSPS) is 11.3. The van der Waals surface area contributed by atoms with E-state index in [9.17, 15) is 9.90 Å². The molecule has 0 amide bonds. The van der Waals surface area contributed by atoms with Crippen LogP contribution in [-0.4, -0.2) is 39.3 Å². The summed E-state index contributed by atoms with van der Waals surface area (Å²) in [6, 6.07) is 4.33. The van der Waals surface area contributed by atoms with E-state index in [1.165, 1.54) is 36.2 Å². The lowest BCUT2D eigenvalue weighted by Crippen LogP contribution is -2.04. The first kappa shape index (κ1) is 15.9. The van der Waals surface area contributed by atoms with Crippen molar-refractivity contribution < 1.29 is 20.5 Å². The molecule has 0 aliphatic rings. The minimum Gasteiger partial charge on any atom is -0.506 e. The van der Waals surface area contributed by atoms with Crippen molar-refractivity contribution in [2.24, 2.45) is 15.9 Å². The molecular formula is C10H13N3O4S. The lowest BCUT2D eigenvalue weighted by Gasteiger charge is -2.01. The minimum absolute atomic E-state index is 0. The zero-order chi connectivity index (χ0) is 12.8. The SMILES string of the molecule is CS/C(N)=N/N=C/c1cccc(C(=O)O)c1O.O. The summed E-state index contributed by atoms with van der Waals surface area (Å²) < 4.78 is 0.